The third-order valence-corrected chi connectivity index (χ3v) is 6.34. The van der Waals surface area contributed by atoms with Crippen molar-refractivity contribution < 1.29 is 10.0 Å². The molecule has 0 saturated heterocycles. The lowest BCUT2D eigenvalue weighted by atomic mass is 9.71. The molecule has 4 nitrogen and oxygen atoms in total. The first-order valence-corrected chi connectivity index (χ1v) is 11.6. The summed E-state index contributed by atoms with van der Waals surface area (Å²) in [5.41, 5.74) is 6.91. The Balaban J connectivity index is 0.000000172. The van der Waals surface area contributed by atoms with E-state index in [4.69, 9.17) is 10.0 Å². The van der Waals surface area contributed by atoms with Gasteiger partial charge in [0.1, 0.15) is 0 Å². The van der Waals surface area contributed by atoms with Gasteiger partial charge in [-0.2, -0.15) is 5.10 Å². The van der Waals surface area contributed by atoms with Crippen LogP contribution in [0.25, 0.3) is 11.3 Å². The molecule has 0 fully saturated rings. The average Bonchev–Trinajstić information content (AvgIpc) is 3.41. The van der Waals surface area contributed by atoms with Crippen molar-refractivity contribution in [1.82, 2.24) is 10.2 Å². The summed E-state index contributed by atoms with van der Waals surface area (Å²) < 4.78 is 0. The molecule has 5 rings (SSSR count). The summed E-state index contributed by atoms with van der Waals surface area (Å²) in [5.74, 6) is 0. The van der Waals surface area contributed by atoms with Gasteiger partial charge in [0, 0.05) is 17.1 Å². The zero-order valence-corrected chi connectivity index (χ0v) is 20.0. The number of rotatable bonds is 5. The number of hydrogen-bond donors (Lipinski definition) is 3. The standard InChI is InChI=1S/C20H18.C10H11BN2O2/c1-20(17-11-5-2-6-12-17,18-13-7-3-8-14-18)19-15-9-4-10-16-19;1-7-2-4-8(5-3-7)10-9(11(14)15)6-12-13-10/h2-16H,1H3;2-6,14-15H,1H3,(H,12,13). The highest BCUT2D eigenvalue weighted by atomic mass is 16.4. The Morgan fingerprint density at radius 3 is 1.49 bits per heavy atom. The predicted molar refractivity (Wildman–Crippen MR) is 143 cm³/mol. The first-order chi connectivity index (χ1) is 17.0. The monoisotopic (exact) mass is 460 g/mol. The molecule has 1 heterocycles. The van der Waals surface area contributed by atoms with Crippen molar-refractivity contribution in [1.29, 1.82) is 0 Å². The highest BCUT2D eigenvalue weighted by Crippen LogP contribution is 2.38. The fourth-order valence-electron chi connectivity index (χ4n) is 4.26. The Labute approximate surface area is 207 Å². The lowest BCUT2D eigenvalue weighted by Crippen LogP contribution is -2.30. The number of nitrogens with one attached hydrogen (secondary N) is 1. The number of nitrogens with zero attached hydrogens (tertiary/aromatic N) is 1. The third kappa shape index (κ3) is 5.43. The Hall–Kier alpha value is -3.93. The fraction of sp³-hybridized carbons (Fsp3) is 0.100. The van der Waals surface area contributed by atoms with Gasteiger partial charge < -0.3 is 10.0 Å². The van der Waals surface area contributed by atoms with Gasteiger partial charge in [0.2, 0.25) is 0 Å². The number of hydrogen-bond acceptors (Lipinski definition) is 3. The molecule has 0 amide bonds. The molecule has 0 aliphatic rings. The summed E-state index contributed by atoms with van der Waals surface area (Å²) in [6.45, 7) is 4.30. The SMILES string of the molecule is CC(c1ccccc1)(c1ccccc1)c1ccccc1.Cc1ccc(-c2[nH]ncc2B(O)O)cc1. The lowest BCUT2D eigenvalue weighted by Gasteiger charge is -2.31. The molecule has 174 valence electrons. The van der Waals surface area contributed by atoms with E-state index in [0.717, 1.165) is 11.1 Å². The molecule has 4 aromatic carbocycles. The topological polar surface area (TPSA) is 69.1 Å². The van der Waals surface area contributed by atoms with E-state index in [0.29, 0.717) is 11.2 Å². The molecule has 0 saturated carbocycles. The summed E-state index contributed by atoms with van der Waals surface area (Å²) in [6.07, 6.45) is 1.42. The molecule has 0 radical (unpaired) electrons. The van der Waals surface area contributed by atoms with Gasteiger partial charge in [-0.1, -0.05) is 121 Å². The van der Waals surface area contributed by atoms with Crippen molar-refractivity contribution in [3.63, 3.8) is 0 Å². The molecule has 0 spiro atoms. The van der Waals surface area contributed by atoms with Gasteiger partial charge in [-0.05, 0) is 36.1 Å². The van der Waals surface area contributed by atoms with E-state index in [1.54, 1.807) is 0 Å². The van der Waals surface area contributed by atoms with Crippen LogP contribution in [0, 0.1) is 6.92 Å². The van der Waals surface area contributed by atoms with Crippen molar-refractivity contribution in [2.24, 2.45) is 0 Å². The predicted octanol–water partition coefficient (Wildman–Crippen LogP) is 5.11. The van der Waals surface area contributed by atoms with Crippen LogP contribution in [0.5, 0.6) is 0 Å². The number of aryl methyl sites for hydroxylation is 1. The Morgan fingerprint density at radius 2 is 1.09 bits per heavy atom. The lowest BCUT2D eigenvalue weighted by molar-refractivity contribution is 0.426. The quantitative estimate of drug-likeness (QED) is 0.252. The summed E-state index contributed by atoms with van der Waals surface area (Å²) in [7, 11) is -1.50. The van der Waals surface area contributed by atoms with Crippen LogP contribution < -0.4 is 5.46 Å². The number of H-pyrrole nitrogens is 1. The highest BCUT2D eigenvalue weighted by Gasteiger charge is 2.30. The van der Waals surface area contributed by atoms with E-state index in [1.165, 1.54) is 22.9 Å². The van der Waals surface area contributed by atoms with Gasteiger partial charge >= 0.3 is 7.12 Å². The largest absolute Gasteiger partial charge is 0.492 e. The maximum absolute atomic E-state index is 9.10. The van der Waals surface area contributed by atoms with Crippen molar-refractivity contribution >= 4 is 12.6 Å². The fourth-order valence-corrected chi connectivity index (χ4v) is 4.26. The van der Waals surface area contributed by atoms with Crippen LogP contribution >= 0.6 is 0 Å². The minimum absolute atomic E-state index is 0.121. The Bertz CT molecular complexity index is 1220. The first kappa shape index (κ1) is 24.2. The molecule has 1 aromatic heterocycles. The highest BCUT2D eigenvalue weighted by molar-refractivity contribution is 6.60. The van der Waals surface area contributed by atoms with Crippen LogP contribution in [-0.4, -0.2) is 27.4 Å². The smallest absolute Gasteiger partial charge is 0.423 e. The molecule has 0 bridgehead atoms. The van der Waals surface area contributed by atoms with Gasteiger partial charge in [0.25, 0.3) is 0 Å². The van der Waals surface area contributed by atoms with E-state index >= 15 is 0 Å². The number of benzene rings is 4. The van der Waals surface area contributed by atoms with Crippen LogP contribution in [0.15, 0.2) is 121 Å². The van der Waals surface area contributed by atoms with Crippen LogP contribution in [0.2, 0.25) is 0 Å². The van der Waals surface area contributed by atoms with E-state index < -0.39 is 7.12 Å². The summed E-state index contributed by atoms with van der Waals surface area (Å²) in [6, 6.07) is 39.9. The van der Waals surface area contributed by atoms with Gasteiger partial charge in [-0.3, -0.25) is 5.10 Å². The van der Waals surface area contributed by atoms with Gasteiger partial charge in [-0.15, -0.1) is 0 Å². The van der Waals surface area contributed by atoms with E-state index in [9.17, 15) is 0 Å². The molecule has 5 aromatic rings. The van der Waals surface area contributed by atoms with Gasteiger partial charge in [-0.25, -0.2) is 0 Å². The minimum Gasteiger partial charge on any atom is -0.423 e. The number of aromatic amines is 1. The zero-order chi connectivity index (χ0) is 24.7. The van der Waals surface area contributed by atoms with Crippen LogP contribution in [-0.2, 0) is 5.41 Å². The van der Waals surface area contributed by atoms with Crippen molar-refractivity contribution in [3.8, 4) is 11.3 Å². The van der Waals surface area contributed by atoms with Crippen molar-refractivity contribution in [2.75, 3.05) is 0 Å². The third-order valence-electron chi connectivity index (χ3n) is 6.34. The normalized spacial score (nSPS) is 10.9. The van der Waals surface area contributed by atoms with Gasteiger partial charge in [0.15, 0.2) is 0 Å². The second-order valence-electron chi connectivity index (χ2n) is 8.66. The molecule has 5 heteroatoms. The first-order valence-electron chi connectivity index (χ1n) is 11.6. The van der Waals surface area contributed by atoms with Gasteiger partial charge in [0.05, 0.1) is 5.69 Å². The van der Waals surface area contributed by atoms with Crippen molar-refractivity contribution in [2.45, 2.75) is 19.3 Å². The summed E-state index contributed by atoms with van der Waals surface area (Å²) >= 11 is 0. The molecule has 0 unspecified atom stereocenters. The molecule has 0 aliphatic heterocycles. The summed E-state index contributed by atoms with van der Waals surface area (Å²) in [4.78, 5) is 0. The Morgan fingerprint density at radius 1 is 0.657 bits per heavy atom. The van der Waals surface area contributed by atoms with E-state index in [-0.39, 0.29) is 5.41 Å². The zero-order valence-electron chi connectivity index (χ0n) is 20.0. The van der Waals surface area contributed by atoms with Crippen LogP contribution in [0.4, 0.5) is 0 Å². The molecular weight excluding hydrogens is 431 g/mol. The second kappa shape index (κ2) is 11.0. The molecule has 35 heavy (non-hydrogen) atoms. The second-order valence-corrected chi connectivity index (χ2v) is 8.66. The van der Waals surface area contributed by atoms with E-state index in [1.807, 2.05) is 31.2 Å². The average molecular weight is 460 g/mol. The molecule has 0 aliphatic carbocycles. The van der Waals surface area contributed by atoms with Crippen LogP contribution in [0.3, 0.4) is 0 Å². The molecule has 0 atom stereocenters. The van der Waals surface area contributed by atoms with Crippen LogP contribution in [0.1, 0.15) is 29.2 Å². The molecular formula is C30H29BN2O2. The maximum atomic E-state index is 9.10. The minimum atomic E-state index is -1.50. The maximum Gasteiger partial charge on any atom is 0.492 e. The summed E-state index contributed by atoms with van der Waals surface area (Å²) in [5, 5.41) is 24.8. The Kier molecular flexibility index (Phi) is 7.61. The number of aromatic nitrogens is 2. The van der Waals surface area contributed by atoms with E-state index in [2.05, 4.69) is 108 Å². The molecule has 3 N–H and O–H groups in total. The van der Waals surface area contributed by atoms with Crippen molar-refractivity contribution in [3.05, 3.63) is 144 Å².